The van der Waals surface area contributed by atoms with E-state index in [4.69, 9.17) is 23.2 Å². The molecule has 0 saturated carbocycles. The van der Waals surface area contributed by atoms with Crippen molar-refractivity contribution in [1.82, 2.24) is 15.1 Å². The first kappa shape index (κ1) is 16.8. The van der Waals surface area contributed by atoms with E-state index in [9.17, 15) is 0 Å². The number of aromatic nitrogens is 2. The van der Waals surface area contributed by atoms with Crippen LogP contribution in [0.15, 0.2) is 28.9 Å². The summed E-state index contributed by atoms with van der Waals surface area (Å²) < 4.78 is 2.97. The Morgan fingerprint density at radius 1 is 1.33 bits per heavy atom. The lowest BCUT2D eigenvalue weighted by Gasteiger charge is -2.23. The van der Waals surface area contributed by atoms with Crippen LogP contribution < -0.4 is 5.32 Å². The normalized spacial score (nSPS) is 12.9. The highest BCUT2D eigenvalue weighted by Gasteiger charge is 2.24. The molecule has 1 aromatic carbocycles. The van der Waals surface area contributed by atoms with Gasteiger partial charge in [0.2, 0.25) is 0 Å². The first-order chi connectivity index (χ1) is 9.95. The molecule has 0 saturated heterocycles. The van der Waals surface area contributed by atoms with Crippen LogP contribution in [0.1, 0.15) is 44.1 Å². The van der Waals surface area contributed by atoms with Crippen molar-refractivity contribution >= 4 is 39.1 Å². The van der Waals surface area contributed by atoms with Crippen LogP contribution >= 0.6 is 39.1 Å². The van der Waals surface area contributed by atoms with Crippen LogP contribution in [0, 0.1) is 0 Å². The van der Waals surface area contributed by atoms with Crippen LogP contribution in [0.2, 0.25) is 10.0 Å². The molecule has 1 atom stereocenters. The summed E-state index contributed by atoms with van der Waals surface area (Å²) in [7, 11) is 0. The van der Waals surface area contributed by atoms with Crippen molar-refractivity contribution in [3.05, 3.63) is 50.2 Å². The molecule has 0 radical (unpaired) electrons. The molecule has 0 amide bonds. The molecule has 21 heavy (non-hydrogen) atoms. The minimum absolute atomic E-state index is 0.0426. The van der Waals surface area contributed by atoms with Crippen LogP contribution in [-0.2, 0) is 0 Å². The van der Waals surface area contributed by atoms with Crippen LogP contribution in [-0.4, -0.2) is 16.3 Å². The Labute approximate surface area is 143 Å². The van der Waals surface area contributed by atoms with Gasteiger partial charge in [0, 0.05) is 16.1 Å². The predicted octanol–water partition coefficient (Wildman–Crippen LogP) is 5.23. The first-order valence-electron chi connectivity index (χ1n) is 6.87. The van der Waals surface area contributed by atoms with Crippen molar-refractivity contribution < 1.29 is 0 Å². The Hall–Kier alpha value is -0.550. The zero-order valence-corrected chi connectivity index (χ0v) is 15.3. The highest BCUT2D eigenvalue weighted by molar-refractivity contribution is 9.10. The Balaban J connectivity index is 2.56. The summed E-state index contributed by atoms with van der Waals surface area (Å²) in [5, 5.41) is 9.22. The van der Waals surface area contributed by atoms with Gasteiger partial charge in [-0.05, 0) is 54.0 Å². The quantitative estimate of drug-likeness (QED) is 0.757. The average molecular weight is 391 g/mol. The van der Waals surface area contributed by atoms with Crippen molar-refractivity contribution in [1.29, 1.82) is 0 Å². The minimum Gasteiger partial charge on any atom is -0.305 e. The van der Waals surface area contributed by atoms with E-state index >= 15 is 0 Å². The van der Waals surface area contributed by atoms with E-state index in [1.54, 1.807) is 6.07 Å². The van der Waals surface area contributed by atoms with Crippen LogP contribution in [0.4, 0.5) is 0 Å². The van der Waals surface area contributed by atoms with E-state index < -0.39 is 0 Å². The van der Waals surface area contributed by atoms with Gasteiger partial charge in [-0.25, -0.2) is 0 Å². The van der Waals surface area contributed by atoms with Crippen molar-refractivity contribution in [2.75, 3.05) is 6.54 Å². The molecule has 1 unspecified atom stereocenters. The summed E-state index contributed by atoms with van der Waals surface area (Å²) in [6.45, 7) is 7.10. The second-order valence-electron chi connectivity index (χ2n) is 5.07. The molecule has 1 heterocycles. The first-order valence-corrected chi connectivity index (χ1v) is 8.41. The van der Waals surface area contributed by atoms with Gasteiger partial charge in [0.25, 0.3) is 0 Å². The molecule has 2 aromatic rings. The summed E-state index contributed by atoms with van der Waals surface area (Å²) in [6, 6.07) is 5.81. The molecule has 2 rings (SSSR count). The topological polar surface area (TPSA) is 29.9 Å². The van der Waals surface area contributed by atoms with Crippen molar-refractivity contribution in [3.8, 4) is 0 Å². The molecule has 1 N–H and O–H groups in total. The van der Waals surface area contributed by atoms with Crippen molar-refractivity contribution in [3.63, 3.8) is 0 Å². The van der Waals surface area contributed by atoms with Gasteiger partial charge in [0.05, 0.1) is 22.4 Å². The van der Waals surface area contributed by atoms with E-state index in [2.05, 4.69) is 47.1 Å². The monoisotopic (exact) mass is 389 g/mol. The maximum Gasteiger partial charge on any atom is 0.0774 e. The van der Waals surface area contributed by atoms with Gasteiger partial charge in [-0.15, -0.1) is 0 Å². The van der Waals surface area contributed by atoms with Crippen LogP contribution in [0.5, 0.6) is 0 Å². The number of hydrogen-bond donors (Lipinski definition) is 1. The third-order valence-corrected chi connectivity index (χ3v) is 4.40. The van der Waals surface area contributed by atoms with E-state index in [0.717, 1.165) is 22.3 Å². The second-order valence-corrected chi connectivity index (χ2v) is 6.77. The summed E-state index contributed by atoms with van der Waals surface area (Å²) >= 11 is 16.0. The summed E-state index contributed by atoms with van der Waals surface area (Å²) in [5.41, 5.74) is 2.06. The molecule has 1 aromatic heterocycles. The molecule has 6 heteroatoms. The molecule has 0 bridgehead atoms. The molecule has 0 fully saturated rings. The Morgan fingerprint density at radius 3 is 2.62 bits per heavy atom. The molecular weight excluding hydrogens is 373 g/mol. The summed E-state index contributed by atoms with van der Waals surface area (Å²) in [6.07, 6.45) is 1.82. The van der Waals surface area contributed by atoms with Crippen LogP contribution in [0.3, 0.4) is 0 Å². The van der Waals surface area contributed by atoms with Gasteiger partial charge in [0.1, 0.15) is 0 Å². The fourth-order valence-corrected chi connectivity index (χ4v) is 3.35. The number of nitrogens with zero attached hydrogens (tertiary/aromatic N) is 2. The SMILES string of the molecule is CCNC(c1ccc(Cl)cc1Cl)c1c(Br)cnn1C(C)C. The Bertz CT molecular complexity index is 625. The summed E-state index contributed by atoms with van der Waals surface area (Å²) in [4.78, 5) is 0. The molecule has 0 spiro atoms. The largest absolute Gasteiger partial charge is 0.305 e. The van der Waals surface area contributed by atoms with Gasteiger partial charge in [-0.1, -0.05) is 36.2 Å². The molecule has 0 aliphatic heterocycles. The molecule has 3 nitrogen and oxygen atoms in total. The zero-order valence-electron chi connectivity index (χ0n) is 12.2. The van der Waals surface area contributed by atoms with Gasteiger partial charge < -0.3 is 5.32 Å². The fourth-order valence-electron chi connectivity index (χ4n) is 2.33. The van der Waals surface area contributed by atoms with E-state index in [-0.39, 0.29) is 12.1 Å². The van der Waals surface area contributed by atoms with Crippen molar-refractivity contribution in [2.45, 2.75) is 32.9 Å². The van der Waals surface area contributed by atoms with Gasteiger partial charge in [-0.3, -0.25) is 4.68 Å². The van der Waals surface area contributed by atoms with Crippen LogP contribution in [0.25, 0.3) is 0 Å². The predicted molar refractivity (Wildman–Crippen MR) is 92.3 cm³/mol. The smallest absolute Gasteiger partial charge is 0.0774 e. The Kier molecular flexibility index (Phi) is 5.72. The lowest BCUT2D eigenvalue weighted by atomic mass is 10.0. The zero-order chi connectivity index (χ0) is 15.6. The molecular formula is C15H18BrCl2N3. The summed E-state index contributed by atoms with van der Waals surface area (Å²) in [5.74, 6) is 0. The highest BCUT2D eigenvalue weighted by atomic mass is 79.9. The number of halogens is 3. The second kappa shape index (κ2) is 7.14. The minimum atomic E-state index is -0.0426. The standard InChI is InChI=1S/C15H18BrCl2N3/c1-4-19-14(11-6-5-10(17)7-13(11)18)15-12(16)8-20-21(15)9(2)3/h5-9,14,19H,4H2,1-3H3. The van der Waals surface area contributed by atoms with E-state index in [1.807, 2.05) is 23.0 Å². The van der Waals surface area contributed by atoms with Gasteiger partial charge >= 0.3 is 0 Å². The molecule has 0 aliphatic rings. The average Bonchev–Trinajstić information content (AvgIpc) is 2.79. The maximum absolute atomic E-state index is 6.39. The van der Waals surface area contributed by atoms with E-state index in [1.165, 1.54) is 0 Å². The number of hydrogen-bond acceptors (Lipinski definition) is 2. The van der Waals surface area contributed by atoms with Gasteiger partial charge in [0.15, 0.2) is 0 Å². The maximum atomic E-state index is 6.39. The fraction of sp³-hybridized carbons (Fsp3) is 0.400. The molecule has 114 valence electrons. The van der Waals surface area contributed by atoms with Gasteiger partial charge in [-0.2, -0.15) is 5.10 Å². The Morgan fingerprint density at radius 2 is 2.05 bits per heavy atom. The third-order valence-electron chi connectivity index (χ3n) is 3.23. The lowest BCUT2D eigenvalue weighted by molar-refractivity contribution is 0.475. The number of benzene rings is 1. The molecule has 0 aliphatic carbocycles. The van der Waals surface area contributed by atoms with Crippen molar-refractivity contribution in [2.24, 2.45) is 0 Å². The lowest BCUT2D eigenvalue weighted by Crippen LogP contribution is -2.26. The number of nitrogens with one attached hydrogen (secondary N) is 1. The third kappa shape index (κ3) is 3.62. The highest BCUT2D eigenvalue weighted by Crippen LogP contribution is 2.34. The van der Waals surface area contributed by atoms with E-state index in [0.29, 0.717) is 10.0 Å². The number of rotatable bonds is 5.